The van der Waals surface area contributed by atoms with E-state index in [9.17, 15) is 18.0 Å². The lowest BCUT2D eigenvalue weighted by Crippen LogP contribution is -2.32. The number of carbonyl (C=O) groups excluding carboxylic acids is 1. The number of ether oxygens (including phenoxy) is 1. The first-order valence-corrected chi connectivity index (χ1v) is 5.47. The SMILES string of the molecule is CCOC(=O)C(F)[C@H](N)c1c(F)ccc(F)c1Cl.Cl. The Bertz CT molecular complexity index is 460. The first kappa shape index (κ1) is 18.0. The van der Waals surface area contributed by atoms with Gasteiger partial charge in [-0.25, -0.2) is 18.0 Å². The molecule has 1 aromatic rings. The van der Waals surface area contributed by atoms with Crippen LogP contribution in [-0.4, -0.2) is 18.7 Å². The normalized spacial score (nSPS) is 13.4. The molecular formula is C11H12Cl2F3NO2. The molecule has 0 radical (unpaired) electrons. The fraction of sp³-hybridized carbons (Fsp3) is 0.364. The topological polar surface area (TPSA) is 52.3 Å². The van der Waals surface area contributed by atoms with Crippen LogP contribution in [0.2, 0.25) is 5.02 Å². The Kier molecular flexibility index (Phi) is 7.18. The minimum absolute atomic E-state index is 0. The molecule has 0 heterocycles. The number of nitrogens with two attached hydrogens (primary N) is 1. The van der Waals surface area contributed by atoms with Gasteiger partial charge in [-0.1, -0.05) is 11.6 Å². The molecule has 0 aliphatic heterocycles. The molecule has 0 spiro atoms. The third-order valence-corrected chi connectivity index (χ3v) is 2.62. The maximum Gasteiger partial charge on any atom is 0.342 e. The lowest BCUT2D eigenvalue weighted by Gasteiger charge is -2.17. The van der Waals surface area contributed by atoms with E-state index in [1.54, 1.807) is 0 Å². The van der Waals surface area contributed by atoms with E-state index >= 15 is 0 Å². The van der Waals surface area contributed by atoms with Crippen LogP contribution in [0, 0.1) is 11.6 Å². The summed E-state index contributed by atoms with van der Waals surface area (Å²) in [5, 5.41) is -0.644. The summed E-state index contributed by atoms with van der Waals surface area (Å²) in [4.78, 5) is 11.1. The molecule has 0 amide bonds. The van der Waals surface area contributed by atoms with E-state index in [2.05, 4.69) is 4.74 Å². The number of rotatable bonds is 4. The highest BCUT2D eigenvalue weighted by Gasteiger charge is 2.32. The zero-order chi connectivity index (χ0) is 13.9. The van der Waals surface area contributed by atoms with Gasteiger partial charge in [0.15, 0.2) is 0 Å². The molecule has 2 atom stereocenters. The van der Waals surface area contributed by atoms with Crippen molar-refractivity contribution < 1.29 is 22.7 Å². The second-order valence-corrected chi connectivity index (χ2v) is 3.81. The predicted molar refractivity (Wildman–Crippen MR) is 67.1 cm³/mol. The zero-order valence-electron chi connectivity index (χ0n) is 9.83. The second kappa shape index (κ2) is 7.57. The molecule has 0 saturated heterocycles. The van der Waals surface area contributed by atoms with Crippen molar-refractivity contribution in [1.82, 2.24) is 0 Å². The van der Waals surface area contributed by atoms with Crippen molar-refractivity contribution in [3.8, 4) is 0 Å². The maximum atomic E-state index is 13.6. The van der Waals surface area contributed by atoms with Crippen LogP contribution < -0.4 is 5.73 Å². The van der Waals surface area contributed by atoms with Gasteiger partial charge in [0.2, 0.25) is 6.17 Å². The van der Waals surface area contributed by atoms with E-state index in [-0.39, 0.29) is 19.0 Å². The fourth-order valence-corrected chi connectivity index (χ4v) is 1.64. The number of hydrogen-bond donors (Lipinski definition) is 1. The zero-order valence-corrected chi connectivity index (χ0v) is 11.4. The average Bonchev–Trinajstić information content (AvgIpc) is 2.33. The third kappa shape index (κ3) is 3.99. The largest absolute Gasteiger partial charge is 0.464 e. The van der Waals surface area contributed by atoms with Crippen molar-refractivity contribution in [2.45, 2.75) is 19.1 Å². The van der Waals surface area contributed by atoms with Gasteiger partial charge in [-0.15, -0.1) is 12.4 Å². The number of alkyl halides is 1. The molecule has 108 valence electrons. The van der Waals surface area contributed by atoms with Crippen molar-refractivity contribution in [2.24, 2.45) is 5.73 Å². The molecule has 1 aromatic carbocycles. The summed E-state index contributed by atoms with van der Waals surface area (Å²) >= 11 is 5.51. The van der Waals surface area contributed by atoms with E-state index in [1.165, 1.54) is 6.92 Å². The number of esters is 1. The summed E-state index contributed by atoms with van der Waals surface area (Å²) in [5.41, 5.74) is 4.79. The highest BCUT2D eigenvalue weighted by atomic mass is 35.5. The Balaban J connectivity index is 0.00000324. The van der Waals surface area contributed by atoms with Gasteiger partial charge in [-0.05, 0) is 19.1 Å². The van der Waals surface area contributed by atoms with Gasteiger partial charge in [0.05, 0.1) is 17.7 Å². The van der Waals surface area contributed by atoms with Gasteiger partial charge in [0.1, 0.15) is 11.6 Å². The van der Waals surface area contributed by atoms with Crippen LogP contribution in [0.3, 0.4) is 0 Å². The van der Waals surface area contributed by atoms with Gasteiger partial charge in [-0.3, -0.25) is 0 Å². The number of halogens is 5. The lowest BCUT2D eigenvalue weighted by atomic mass is 10.0. The Hall–Kier alpha value is -0.980. The number of hydrogen-bond acceptors (Lipinski definition) is 3. The molecule has 0 bridgehead atoms. The third-order valence-electron chi connectivity index (χ3n) is 2.24. The average molecular weight is 318 g/mol. The molecule has 2 N–H and O–H groups in total. The highest BCUT2D eigenvalue weighted by molar-refractivity contribution is 6.31. The van der Waals surface area contributed by atoms with Crippen molar-refractivity contribution in [2.75, 3.05) is 6.61 Å². The quantitative estimate of drug-likeness (QED) is 0.686. The molecule has 0 aliphatic rings. The van der Waals surface area contributed by atoms with Gasteiger partial charge < -0.3 is 10.5 Å². The molecular weight excluding hydrogens is 306 g/mol. The molecule has 0 aliphatic carbocycles. The number of carbonyl (C=O) groups is 1. The van der Waals surface area contributed by atoms with Crippen LogP contribution in [0.4, 0.5) is 13.2 Å². The standard InChI is InChI=1S/C11H11ClF3NO2.ClH/c1-2-18-11(17)9(15)10(16)7-5(13)3-4-6(14)8(7)12;/h3-4,9-10H,2,16H2,1H3;1H/t9?,10-;/m1./s1. The summed E-state index contributed by atoms with van der Waals surface area (Å²) in [6.07, 6.45) is -2.32. The molecule has 1 unspecified atom stereocenters. The van der Waals surface area contributed by atoms with Crippen LogP contribution >= 0.6 is 24.0 Å². The summed E-state index contributed by atoms with van der Waals surface area (Å²) in [6.45, 7) is 1.43. The van der Waals surface area contributed by atoms with Crippen molar-refractivity contribution in [3.63, 3.8) is 0 Å². The molecule has 8 heteroatoms. The minimum Gasteiger partial charge on any atom is -0.464 e. The molecule has 19 heavy (non-hydrogen) atoms. The highest BCUT2D eigenvalue weighted by Crippen LogP contribution is 2.30. The summed E-state index contributed by atoms with van der Waals surface area (Å²) in [6, 6.07) is -0.188. The predicted octanol–water partition coefficient (Wildman–Crippen LogP) is 2.94. The Labute approximate surface area is 119 Å². The molecule has 0 aromatic heterocycles. The first-order chi connectivity index (χ1) is 8.40. The van der Waals surface area contributed by atoms with E-state index in [0.29, 0.717) is 0 Å². The van der Waals surface area contributed by atoms with E-state index in [1.807, 2.05) is 0 Å². The molecule has 3 nitrogen and oxygen atoms in total. The first-order valence-electron chi connectivity index (χ1n) is 5.09. The van der Waals surface area contributed by atoms with Gasteiger partial charge in [-0.2, -0.15) is 0 Å². The van der Waals surface area contributed by atoms with E-state index < -0.39 is 40.4 Å². The van der Waals surface area contributed by atoms with Gasteiger partial charge >= 0.3 is 5.97 Å². The minimum atomic E-state index is -2.32. The second-order valence-electron chi connectivity index (χ2n) is 3.44. The van der Waals surface area contributed by atoms with Crippen molar-refractivity contribution in [1.29, 1.82) is 0 Å². The summed E-state index contributed by atoms with van der Waals surface area (Å²) in [7, 11) is 0. The van der Waals surface area contributed by atoms with Crippen LogP contribution in [-0.2, 0) is 9.53 Å². The number of benzene rings is 1. The smallest absolute Gasteiger partial charge is 0.342 e. The van der Waals surface area contributed by atoms with E-state index in [0.717, 1.165) is 12.1 Å². The molecule has 1 rings (SSSR count). The van der Waals surface area contributed by atoms with Gasteiger partial charge in [0.25, 0.3) is 0 Å². The molecule has 0 fully saturated rings. The maximum absolute atomic E-state index is 13.6. The van der Waals surface area contributed by atoms with E-state index in [4.69, 9.17) is 17.3 Å². The van der Waals surface area contributed by atoms with Crippen LogP contribution in [0.1, 0.15) is 18.5 Å². The Morgan fingerprint density at radius 1 is 1.42 bits per heavy atom. The van der Waals surface area contributed by atoms with Crippen LogP contribution in [0.25, 0.3) is 0 Å². The molecule has 0 saturated carbocycles. The lowest BCUT2D eigenvalue weighted by molar-refractivity contribution is -0.149. The van der Waals surface area contributed by atoms with Crippen molar-refractivity contribution in [3.05, 3.63) is 34.4 Å². The summed E-state index contributed by atoms with van der Waals surface area (Å²) in [5.74, 6) is -3.18. The van der Waals surface area contributed by atoms with Crippen molar-refractivity contribution >= 4 is 30.0 Å². The fourth-order valence-electron chi connectivity index (χ4n) is 1.36. The van der Waals surface area contributed by atoms with Gasteiger partial charge in [0, 0.05) is 5.56 Å². The Morgan fingerprint density at radius 2 is 1.95 bits per heavy atom. The monoisotopic (exact) mass is 317 g/mol. The van der Waals surface area contributed by atoms with Crippen LogP contribution in [0.15, 0.2) is 12.1 Å². The van der Waals surface area contributed by atoms with Crippen LogP contribution in [0.5, 0.6) is 0 Å². The summed E-state index contributed by atoms with van der Waals surface area (Å²) < 4.78 is 44.6. The Morgan fingerprint density at radius 3 is 2.47 bits per heavy atom.